The van der Waals surface area contributed by atoms with Gasteiger partial charge in [0, 0.05) is 24.2 Å². The van der Waals surface area contributed by atoms with Crippen molar-refractivity contribution >= 4 is 0 Å². The molecule has 0 aromatic heterocycles. The van der Waals surface area contributed by atoms with Crippen molar-refractivity contribution in [2.24, 2.45) is 11.8 Å². The number of morpholine rings is 1. The van der Waals surface area contributed by atoms with Crippen molar-refractivity contribution in [3.05, 3.63) is 0 Å². The third-order valence-corrected chi connectivity index (χ3v) is 6.24. The first-order chi connectivity index (χ1) is 8.74. The van der Waals surface area contributed by atoms with Crippen molar-refractivity contribution in [2.75, 3.05) is 33.4 Å². The maximum atomic E-state index is 5.56. The number of hydrogen-bond acceptors (Lipinski definition) is 3. The molecule has 18 heavy (non-hydrogen) atoms. The fourth-order valence-corrected chi connectivity index (χ4v) is 5.91. The average Bonchev–Trinajstić information content (AvgIpc) is 2.38. The van der Waals surface area contributed by atoms with Crippen LogP contribution in [0.2, 0.25) is 0 Å². The van der Waals surface area contributed by atoms with Crippen LogP contribution in [0.25, 0.3) is 0 Å². The molecule has 2 atom stereocenters. The van der Waals surface area contributed by atoms with Crippen LogP contribution in [0.15, 0.2) is 0 Å². The van der Waals surface area contributed by atoms with Gasteiger partial charge in [0.25, 0.3) is 0 Å². The van der Waals surface area contributed by atoms with E-state index in [0.29, 0.717) is 11.1 Å². The summed E-state index contributed by atoms with van der Waals surface area (Å²) < 4.78 is 5.56. The van der Waals surface area contributed by atoms with Gasteiger partial charge in [-0.1, -0.05) is 0 Å². The second-order valence-electron chi connectivity index (χ2n) is 7.32. The van der Waals surface area contributed by atoms with Crippen molar-refractivity contribution in [3.8, 4) is 0 Å². The molecule has 5 aliphatic rings. The van der Waals surface area contributed by atoms with Crippen LogP contribution >= 0.6 is 0 Å². The Morgan fingerprint density at radius 1 is 1.06 bits per heavy atom. The summed E-state index contributed by atoms with van der Waals surface area (Å²) in [5.74, 6) is 1.98. The minimum atomic E-state index is 0.475. The molecule has 1 aliphatic heterocycles. The van der Waals surface area contributed by atoms with Gasteiger partial charge in [-0.05, 0) is 57.4 Å². The summed E-state index contributed by atoms with van der Waals surface area (Å²) in [5.41, 5.74) is 0.999. The van der Waals surface area contributed by atoms with Crippen molar-refractivity contribution in [2.45, 2.75) is 49.6 Å². The second kappa shape index (κ2) is 3.94. The summed E-state index contributed by atoms with van der Waals surface area (Å²) in [5, 5.41) is 3.72. The molecular formula is C15H26N2O. The Bertz CT molecular complexity index is 323. The van der Waals surface area contributed by atoms with E-state index in [0.717, 1.165) is 25.0 Å². The Balaban J connectivity index is 1.64. The quantitative estimate of drug-likeness (QED) is 0.806. The van der Waals surface area contributed by atoms with Crippen molar-refractivity contribution in [3.63, 3.8) is 0 Å². The van der Waals surface area contributed by atoms with E-state index in [1.54, 1.807) is 0 Å². The van der Waals surface area contributed by atoms with E-state index in [2.05, 4.69) is 17.3 Å². The van der Waals surface area contributed by atoms with Gasteiger partial charge in [-0.3, -0.25) is 4.90 Å². The summed E-state index contributed by atoms with van der Waals surface area (Å²) in [6, 6.07) is 0. The number of nitrogens with zero attached hydrogens (tertiary/aromatic N) is 1. The van der Waals surface area contributed by atoms with Crippen LogP contribution in [-0.4, -0.2) is 49.3 Å². The fraction of sp³-hybridized carbons (Fsp3) is 1.00. The number of hydrogen-bond donors (Lipinski definition) is 1. The molecule has 4 saturated carbocycles. The topological polar surface area (TPSA) is 24.5 Å². The molecule has 1 N–H and O–H groups in total. The molecule has 0 radical (unpaired) electrons. The molecule has 0 spiro atoms. The monoisotopic (exact) mass is 250 g/mol. The van der Waals surface area contributed by atoms with Crippen LogP contribution < -0.4 is 5.32 Å². The molecule has 0 aromatic rings. The van der Waals surface area contributed by atoms with Crippen LogP contribution in [0.3, 0.4) is 0 Å². The van der Waals surface area contributed by atoms with Gasteiger partial charge in [-0.2, -0.15) is 0 Å². The third kappa shape index (κ3) is 1.60. The van der Waals surface area contributed by atoms with E-state index in [1.807, 2.05) is 0 Å². The molecule has 5 fully saturated rings. The summed E-state index contributed by atoms with van der Waals surface area (Å²) in [6.07, 6.45) is 8.71. The smallest absolute Gasteiger partial charge is 0.0594 e. The largest absolute Gasteiger partial charge is 0.379 e. The van der Waals surface area contributed by atoms with Gasteiger partial charge in [0.15, 0.2) is 0 Å². The van der Waals surface area contributed by atoms with Crippen molar-refractivity contribution in [1.82, 2.24) is 10.2 Å². The number of nitrogens with one attached hydrogen (secondary N) is 1. The lowest BCUT2D eigenvalue weighted by molar-refractivity contribution is -0.130. The van der Waals surface area contributed by atoms with E-state index in [-0.39, 0.29) is 0 Å². The standard InChI is InChI=1S/C15H26N2O/c1-16-14-7-12-6-13(8-14)10-15(9-12,11-14)17-2-4-18-5-3-17/h12-13,16H,2-11H2,1H3. The Labute approximate surface area is 110 Å². The number of rotatable bonds is 2. The maximum absolute atomic E-state index is 5.56. The second-order valence-corrected chi connectivity index (χ2v) is 7.32. The molecule has 2 unspecified atom stereocenters. The highest BCUT2D eigenvalue weighted by Gasteiger charge is 2.59. The minimum Gasteiger partial charge on any atom is -0.379 e. The lowest BCUT2D eigenvalue weighted by atomic mass is 9.49. The van der Waals surface area contributed by atoms with Crippen LogP contribution in [0.1, 0.15) is 38.5 Å². The molecule has 1 heterocycles. The fourth-order valence-electron chi connectivity index (χ4n) is 5.91. The highest BCUT2D eigenvalue weighted by Crippen LogP contribution is 2.59. The lowest BCUT2D eigenvalue weighted by Gasteiger charge is -2.65. The van der Waals surface area contributed by atoms with Crippen molar-refractivity contribution in [1.29, 1.82) is 0 Å². The van der Waals surface area contributed by atoms with E-state index in [1.165, 1.54) is 51.6 Å². The van der Waals surface area contributed by atoms with Gasteiger partial charge in [-0.15, -0.1) is 0 Å². The molecule has 102 valence electrons. The SMILES string of the molecule is CNC12CC3CC(C1)CC(N1CCOCC1)(C3)C2. The summed E-state index contributed by atoms with van der Waals surface area (Å²) in [4.78, 5) is 2.79. The molecule has 3 nitrogen and oxygen atoms in total. The van der Waals surface area contributed by atoms with Gasteiger partial charge >= 0.3 is 0 Å². The Kier molecular flexibility index (Phi) is 2.56. The zero-order chi connectivity index (χ0) is 12.2. The Hall–Kier alpha value is -0.120. The van der Waals surface area contributed by atoms with E-state index < -0.39 is 0 Å². The first kappa shape index (κ1) is 11.7. The molecule has 5 rings (SSSR count). The average molecular weight is 250 g/mol. The van der Waals surface area contributed by atoms with E-state index >= 15 is 0 Å². The van der Waals surface area contributed by atoms with E-state index in [4.69, 9.17) is 4.74 Å². The van der Waals surface area contributed by atoms with Crippen LogP contribution in [-0.2, 0) is 4.74 Å². The highest BCUT2D eigenvalue weighted by atomic mass is 16.5. The highest BCUT2D eigenvalue weighted by molar-refractivity contribution is 5.15. The minimum absolute atomic E-state index is 0.475. The normalized spacial score (nSPS) is 51.8. The molecule has 4 bridgehead atoms. The summed E-state index contributed by atoms with van der Waals surface area (Å²) >= 11 is 0. The summed E-state index contributed by atoms with van der Waals surface area (Å²) in [7, 11) is 2.19. The first-order valence-electron chi connectivity index (χ1n) is 7.75. The molecule has 4 aliphatic carbocycles. The van der Waals surface area contributed by atoms with Crippen molar-refractivity contribution < 1.29 is 4.74 Å². The van der Waals surface area contributed by atoms with Gasteiger partial charge < -0.3 is 10.1 Å². The molecular weight excluding hydrogens is 224 g/mol. The third-order valence-electron chi connectivity index (χ3n) is 6.24. The van der Waals surface area contributed by atoms with E-state index in [9.17, 15) is 0 Å². The predicted molar refractivity (Wildman–Crippen MR) is 71.6 cm³/mol. The summed E-state index contributed by atoms with van der Waals surface area (Å²) in [6.45, 7) is 4.23. The van der Waals surface area contributed by atoms with Gasteiger partial charge in [0.1, 0.15) is 0 Å². The first-order valence-corrected chi connectivity index (χ1v) is 7.75. The zero-order valence-electron chi connectivity index (χ0n) is 11.6. The van der Waals surface area contributed by atoms with Crippen LogP contribution in [0, 0.1) is 11.8 Å². The molecule has 0 amide bonds. The predicted octanol–water partition coefficient (Wildman–Crippen LogP) is 1.63. The van der Waals surface area contributed by atoms with Crippen LogP contribution in [0.5, 0.6) is 0 Å². The zero-order valence-corrected chi connectivity index (χ0v) is 11.6. The Morgan fingerprint density at radius 3 is 2.33 bits per heavy atom. The van der Waals surface area contributed by atoms with Gasteiger partial charge in [0.2, 0.25) is 0 Å². The lowest BCUT2D eigenvalue weighted by Crippen LogP contribution is -2.69. The molecule has 1 saturated heterocycles. The van der Waals surface area contributed by atoms with Crippen LogP contribution in [0.4, 0.5) is 0 Å². The molecule has 3 heteroatoms. The Morgan fingerprint density at radius 2 is 1.72 bits per heavy atom. The van der Waals surface area contributed by atoms with Gasteiger partial charge in [-0.25, -0.2) is 0 Å². The maximum Gasteiger partial charge on any atom is 0.0594 e. The molecule has 0 aromatic carbocycles. The van der Waals surface area contributed by atoms with Gasteiger partial charge in [0.05, 0.1) is 13.2 Å². The number of ether oxygens (including phenoxy) is 1.